The number of benzene rings is 2. The van der Waals surface area contributed by atoms with Gasteiger partial charge in [0.2, 0.25) is 5.89 Å². The molecule has 2 heterocycles. The number of hydrogen-bond acceptors (Lipinski definition) is 6. The quantitative estimate of drug-likeness (QED) is 0.608. The fraction of sp³-hybridized carbons (Fsp3) is 0.100. The monoisotopic (exact) mass is 343 g/mol. The van der Waals surface area contributed by atoms with Gasteiger partial charge in [0.05, 0.1) is 11.3 Å². The van der Waals surface area contributed by atoms with Crippen LogP contribution < -0.4 is 5.73 Å². The molecule has 0 bridgehead atoms. The fourth-order valence-corrected chi connectivity index (χ4v) is 2.72. The van der Waals surface area contributed by atoms with E-state index in [2.05, 4.69) is 20.2 Å². The molecule has 4 aromatic rings. The lowest BCUT2D eigenvalue weighted by Crippen LogP contribution is -1.98. The van der Waals surface area contributed by atoms with Gasteiger partial charge in [0.25, 0.3) is 5.89 Å². The van der Waals surface area contributed by atoms with E-state index >= 15 is 0 Å². The summed E-state index contributed by atoms with van der Waals surface area (Å²) in [5.41, 5.74) is 10.0. The van der Waals surface area contributed by atoms with E-state index in [-0.39, 0.29) is 0 Å². The van der Waals surface area contributed by atoms with Crippen LogP contribution in [0, 0.1) is 6.92 Å². The van der Waals surface area contributed by atoms with Gasteiger partial charge in [0.1, 0.15) is 5.82 Å². The van der Waals surface area contributed by atoms with E-state index in [1.165, 1.54) is 0 Å². The molecule has 0 amide bonds. The Labute approximate surface area is 150 Å². The molecule has 2 aromatic carbocycles. The maximum atomic E-state index is 5.89. The minimum Gasteiger partial charge on any atom is -0.416 e. The van der Waals surface area contributed by atoms with Crippen LogP contribution in [-0.4, -0.2) is 20.2 Å². The molecule has 26 heavy (non-hydrogen) atoms. The summed E-state index contributed by atoms with van der Waals surface area (Å²) < 4.78 is 5.89. The third kappa shape index (κ3) is 3.10. The average molecular weight is 343 g/mol. The Balaban J connectivity index is 1.81. The van der Waals surface area contributed by atoms with Crippen molar-refractivity contribution in [3.8, 4) is 34.2 Å². The van der Waals surface area contributed by atoms with Crippen LogP contribution in [0.3, 0.4) is 0 Å². The minimum absolute atomic E-state index is 0.386. The average Bonchev–Trinajstić information content (AvgIpc) is 3.18. The number of rotatable bonds is 4. The van der Waals surface area contributed by atoms with Crippen molar-refractivity contribution < 1.29 is 4.42 Å². The Kier molecular flexibility index (Phi) is 4.25. The molecular formula is C20H17N5O. The van der Waals surface area contributed by atoms with Crippen LogP contribution in [0.15, 0.2) is 65.2 Å². The van der Waals surface area contributed by atoms with Crippen molar-refractivity contribution in [2.24, 2.45) is 5.73 Å². The van der Waals surface area contributed by atoms with Crippen molar-refractivity contribution in [1.82, 2.24) is 20.2 Å². The van der Waals surface area contributed by atoms with Crippen molar-refractivity contribution in [3.05, 3.63) is 72.2 Å². The van der Waals surface area contributed by atoms with Gasteiger partial charge in [0, 0.05) is 23.9 Å². The van der Waals surface area contributed by atoms with Gasteiger partial charge in [0.15, 0.2) is 0 Å². The molecule has 0 saturated carbocycles. The molecule has 0 unspecified atom stereocenters. The third-order valence-electron chi connectivity index (χ3n) is 4.02. The Bertz CT molecular complexity index is 1040. The van der Waals surface area contributed by atoms with Crippen LogP contribution in [0.5, 0.6) is 0 Å². The smallest absolute Gasteiger partial charge is 0.251 e. The molecule has 0 aliphatic heterocycles. The second-order valence-corrected chi connectivity index (χ2v) is 5.86. The van der Waals surface area contributed by atoms with Gasteiger partial charge in [-0.15, -0.1) is 10.2 Å². The molecule has 0 atom stereocenters. The van der Waals surface area contributed by atoms with Crippen molar-refractivity contribution in [1.29, 1.82) is 0 Å². The normalized spacial score (nSPS) is 10.8. The first-order valence-corrected chi connectivity index (χ1v) is 8.27. The summed E-state index contributed by atoms with van der Waals surface area (Å²) in [6.45, 7) is 2.31. The van der Waals surface area contributed by atoms with Gasteiger partial charge >= 0.3 is 0 Å². The van der Waals surface area contributed by atoms with Crippen LogP contribution in [0.4, 0.5) is 0 Å². The zero-order valence-corrected chi connectivity index (χ0v) is 14.3. The molecule has 0 aliphatic rings. The second-order valence-electron chi connectivity index (χ2n) is 5.86. The highest BCUT2D eigenvalue weighted by molar-refractivity contribution is 5.76. The van der Waals surface area contributed by atoms with Gasteiger partial charge in [-0.1, -0.05) is 36.4 Å². The first-order chi connectivity index (χ1) is 12.7. The molecule has 0 radical (unpaired) electrons. The number of aromatic nitrogens is 4. The SMILES string of the molecule is Cc1ncc(-c2nnc(-c3ccccc3)o2)c(-c2cccc(CN)c2)n1. The van der Waals surface area contributed by atoms with E-state index in [1.54, 1.807) is 6.20 Å². The van der Waals surface area contributed by atoms with E-state index in [4.69, 9.17) is 10.2 Å². The molecule has 2 aromatic heterocycles. The molecular weight excluding hydrogens is 326 g/mol. The summed E-state index contributed by atoms with van der Waals surface area (Å²) in [6.07, 6.45) is 1.72. The van der Waals surface area contributed by atoms with Crippen LogP contribution >= 0.6 is 0 Å². The van der Waals surface area contributed by atoms with Crippen LogP contribution in [-0.2, 0) is 6.54 Å². The van der Waals surface area contributed by atoms with Crippen molar-refractivity contribution in [2.45, 2.75) is 13.5 Å². The molecule has 0 spiro atoms. The summed E-state index contributed by atoms with van der Waals surface area (Å²) in [7, 11) is 0. The Hall–Kier alpha value is -3.38. The highest BCUT2D eigenvalue weighted by Crippen LogP contribution is 2.31. The second kappa shape index (κ2) is 6.85. The van der Waals surface area contributed by atoms with Gasteiger partial charge in [-0.05, 0) is 30.7 Å². The first kappa shape index (κ1) is 16.1. The van der Waals surface area contributed by atoms with E-state index in [9.17, 15) is 0 Å². The topological polar surface area (TPSA) is 90.7 Å². The van der Waals surface area contributed by atoms with Crippen molar-refractivity contribution in [2.75, 3.05) is 0 Å². The van der Waals surface area contributed by atoms with E-state index in [1.807, 2.05) is 61.5 Å². The van der Waals surface area contributed by atoms with Gasteiger partial charge in [-0.3, -0.25) is 0 Å². The van der Waals surface area contributed by atoms with Crippen molar-refractivity contribution >= 4 is 0 Å². The van der Waals surface area contributed by atoms with Gasteiger partial charge in [-0.2, -0.15) is 0 Å². The first-order valence-electron chi connectivity index (χ1n) is 8.27. The summed E-state index contributed by atoms with van der Waals surface area (Å²) in [5, 5.41) is 8.36. The summed E-state index contributed by atoms with van der Waals surface area (Å²) in [6, 6.07) is 17.6. The molecule has 0 saturated heterocycles. The number of nitrogens with zero attached hydrogens (tertiary/aromatic N) is 4. The fourth-order valence-electron chi connectivity index (χ4n) is 2.72. The van der Waals surface area contributed by atoms with Crippen LogP contribution in [0.2, 0.25) is 0 Å². The van der Waals surface area contributed by atoms with Crippen LogP contribution in [0.1, 0.15) is 11.4 Å². The van der Waals surface area contributed by atoms with E-state index in [0.29, 0.717) is 29.7 Å². The maximum Gasteiger partial charge on any atom is 0.251 e. The lowest BCUT2D eigenvalue weighted by Gasteiger charge is -2.08. The Morgan fingerprint density at radius 2 is 1.69 bits per heavy atom. The standard InChI is InChI=1S/C20H17N5O/c1-13-22-12-17(18(23-13)16-9-5-6-14(10-16)11-21)20-25-24-19(26-20)15-7-3-2-4-8-15/h2-10,12H,11,21H2,1H3. The molecule has 0 aliphatic carbocycles. The van der Waals surface area contributed by atoms with E-state index in [0.717, 1.165) is 22.4 Å². The van der Waals surface area contributed by atoms with Crippen LogP contribution in [0.25, 0.3) is 34.2 Å². The summed E-state index contributed by atoms with van der Waals surface area (Å²) >= 11 is 0. The summed E-state index contributed by atoms with van der Waals surface area (Å²) in [5.74, 6) is 1.52. The largest absolute Gasteiger partial charge is 0.416 e. The Morgan fingerprint density at radius 3 is 2.50 bits per heavy atom. The number of hydrogen-bond donors (Lipinski definition) is 1. The highest BCUT2D eigenvalue weighted by atomic mass is 16.4. The molecule has 128 valence electrons. The predicted octanol–water partition coefficient (Wildman–Crippen LogP) is 3.63. The molecule has 6 heteroatoms. The Morgan fingerprint density at radius 1 is 0.923 bits per heavy atom. The highest BCUT2D eigenvalue weighted by Gasteiger charge is 2.17. The van der Waals surface area contributed by atoms with Gasteiger partial charge < -0.3 is 10.2 Å². The third-order valence-corrected chi connectivity index (χ3v) is 4.02. The lowest BCUT2D eigenvalue weighted by atomic mass is 10.0. The lowest BCUT2D eigenvalue weighted by molar-refractivity contribution is 0.584. The maximum absolute atomic E-state index is 5.89. The zero-order valence-electron chi connectivity index (χ0n) is 14.3. The summed E-state index contributed by atoms with van der Waals surface area (Å²) in [4.78, 5) is 8.90. The minimum atomic E-state index is 0.386. The molecule has 2 N–H and O–H groups in total. The molecule has 4 rings (SSSR count). The van der Waals surface area contributed by atoms with E-state index < -0.39 is 0 Å². The van der Waals surface area contributed by atoms with Crippen molar-refractivity contribution in [3.63, 3.8) is 0 Å². The number of aryl methyl sites for hydroxylation is 1. The number of nitrogens with two attached hydrogens (primary N) is 1. The van der Waals surface area contributed by atoms with Gasteiger partial charge in [-0.25, -0.2) is 9.97 Å². The molecule has 0 fully saturated rings. The predicted molar refractivity (Wildman–Crippen MR) is 98.8 cm³/mol. The zero-order chi connectivity index (χ0) is 17.9. The molecule has 6 nitrogen and oxygen atoms in total.